The van der Waals surface area contributed by atoms with Gasteiger partial charge in [-0.05, 0) is 12.1 Å². The number of thiazole rings is 1. The SMILES string of the molecule is O=c1[nH]c2cc(Cl)c(Cl)cc2s1. The second-order valence-corrected chi connectivity index (χ2v) is 4.11. The third kappa shape index (κ3) is 1.24. The number of rotatable bonds is 0. The molecule has 0 unspecified atom stereocenters. The fraction of sp³-hybridized carbons (Fsp3) is 0. The van der Waals surface area contributed by atoms with Crippen molar-refractivity contribution in [2.24, 2.45) is 0 Å². The number of fused-ring (bicyclic) bond motifs is 1. The van der Waals surface area contributed by atoms with E-state index >= 15 is 0 Å². The minimum absolute atomic E-state index is 0.0941. The van der Waals surface area contributed by atoms with Crippen molar-refractivity contribution in [2.75, 3.05) is 0 Å². The Morgan fingerprint density at radius 2 is 1.92 bits per heavy atom. The molecular weight excluding hydrogens is 217 g/mol. The molecule has 2 rings (SSSR count). The Hall–Kier alpha value is -0.510. The van der Waals surface area contributed by atoms with Gasteiger partial charge in [-0.15, -0.1) is 0 Å². The molecule has 0 amide bonds. The Bertz CT molecular complexity index is 446. The van der Waals surface area contributed by atoms with E-state index in [4.69, 9.17) is 23.2 Å². The Morgan fingerprint density at radius 1 is 1.25 bits per heavy atom. The smallest absolute Gasteiger partial charge is 0.305 e. The molecule has 1 aromatic carbocycles. The summed E-state index contributed by atoms with van der Waals surface area (Å²) in [5.74, 6) is 0. The van der Waals surface area contributed by atoms with Crippen LogP contribution in [0.4, 0.5) is 0 Å². The number of hydrogen-bond acceptors (Lipinski definition) is 2. The summed E-state index contributed by atoms with van der Waals surface area (Å²) in [7, 11) is 0. The molecule has 0 aliphatic rings. The Balaban J connectivity index is 2.92. The summed E-state index contributed by atoms with van der Waals surface area (Å²) in [6.45, 7) is 0. The molecule has 0 saturated heterocycles. The van der Waals surface area contributed by atoms with Crippen LogP contribution in [-0.2, 0) is 0 Å². The van der Waals surface area contributed by atoms with Crippen molar-refractivity contribution in [3.8, 4) is 0 Å². The number of benzene rings is 1. The minimum Gasteiger partial charge on any atom is -0.312 e. The maximum Gasteiger partial charge on any atom is 0.305 e. The van der Waals surface area contributed by atoms with E-state index in [1.807, 2.05) is 0 Å². The summed E-state index contributed by atoms with van der Waals surface area (Å²) in [4.78, 5) is 13.4. The van der Waals surface area contributed by atoms with Crippen molar-refractivity contribution in [3.63, 3.8) is 0 Å². The van der Waals surface area contributed by atoms with Crippen LogP contribution in [0.1, 0.15) is 0 Å². The molecule has 5 heteroatoms. The first kappa shape index (κ1) is 8.10. The second-order valence-electron chi connectivity index (χ2n) is 2.28. The summed E-state index contributed by atoms with van der Waals surface area (Å²) >= 11 is 12.6. The summed E-state index contributed by atoms with van der Waals surface area (Å²) in [5.41, 5.74) is 0.736. The number of nitrogens with one attached hydrogen (secondary N) is 1. The quantitative estimate of drug-likeness (QED) is 0.727. The van der Waals surface area contributed by atoms with Gasteiger partial charge < -0.3 is 4.98 Å². The molecule has 1 N–H and O–H groups in total. The average Bonchev–Trinajstić information content (AvgIpc) is 2.30. The minimum atomic E-state index is -0.0941. The van der Waals surface area contributed by atoms with Gasteiger partial charge in [0.2, 0.25) is 0 Å². The molecule has 2 aromatic rings. The van der Waals surface area contributed by atoms with Crippen molar-refractivity contribution in [1.82, 2.24) is 4.98 Å². The van der Waals surface area contributed by atoms with Crippen LogP contribution in [0.15, 0.2) is 16.9 Å². The van der Waals surface area contributed by atoms with Crippen LogP contribution in [0.3, 0.4) is 0 Å². The topological polar surface area (TPSA) is 32.9 Å². The molecule has 12 heavy (non-hydrogen) atoms. The molecule has 0 atom stereocenters. The van der Waals surface area contributed by atoms with Gasteiger partial charge in [0, 0.05) is 0 Å². The highest BCUT2D eigenvalue weighted by Gasteiger charge is 2.03. The normalized spacial score (nSPS) is 10.8. The van der Waals surface area contributed by atoms with Crippen LogP contribution in [-0.4, -0.2) is 4.98 Å². The number of hydrogen-bond donors (Lipinski definition) is 1. The van der Waals surface area contributed by atoms with Crippen molar-refractivity contribution in [3.05, 3.63) is 31.8 Å². The van der Waals surface area contributed by atoms with Gasteiger partial charge >= 0.3 is 4.87 Å². The summed E-state index contributed by atoms with van der Waals surface area (Å²) < 4.78 is 0.828. The van der Waals surface area contributed by atoms with E-state index in [-0.39, 0.29) is 4.87 Å². The highest BCUT2D eigenvalue weighted by molar-refractivity contribution is 7.16. The summed E-state index contributed by atoms with van der Waals surface area (Å²) in [5, 5.41) is 0.928. The third-order valence-electron chi connectivity index (χ3n) is 1.46. The lowest BCUT2D eigenvalue weighted by molar-refractivity contribution is 1.41. The first-order valence-electron chi connectivity index (χ1n) is 3.15. The molecule has 1 heterocycles. The van der Waals surface area contributed by atoms with Gasteiger partial charge in [0.25, 0.3) is 0 Å². The van der Waals surface area contributed by atoms with Gasteiger partial charge in [-0.3, -0.25) is 4.79 Å². The zero-order chi connectivity index (χ0) is 8.72. The fourth-order valence-electron chi connectivity index (χ4n) is 0.946. The zero-order valence-electron chi connectivity index (χ0n) is 5.73. The van der Waals surface area contributed by atoms with E-state index in [1.54, 1.807) is 12.1 Å². The molecule has 0 radical (unpaired) electrons. The monoisotopic (exact) mass is 219 g/mol. The van der Waals surface area contributed by atoms with E-state index in [2.05, 4.69) is 4.98 Å². The third-order valence-corrected chi connectivity index (χ3v) is 3.03. The lowest BCUT2D eigenvalue weighted by Crippen LogP contribution is -1.89. The second kappa shape index (κ2) is 2.76. The molecule has 2 nitrogen and oxygen atoms in total. The maximum absolute atomic E-state index is 10.9. The molecule has 1 aromatic heterocycles. The van der Waals surface area contributed by atoms with Gasteiger partial charge in [0.05, 0.1) is 20.3 Å². The molecule has 0 aliphatic heterocycles. The largest absolute Gasteiger partial charge is 0.312 e. The Morgan fingerprint density at radius 3 is 2.67 bits per heavy atom. The summed E-state index contributed by atoms with van der Waals surface area (Å²) in [6.07, 6.45) is 0. The van der Waals surface area contributed by atoms with Crippen LogP contribution in [0.25, 0.3) is 10.2 Å². The van der Waals surface area contributed by atoms with Gasteiger partial charge in [-0.25, -0.2) is 0 Å². The van der Waals surface area contributed by atoms with E-state index < -0.39 is 0 Å². The van der Waals surface area contributed by atoms with Crippen molar-refractivity contribution in [1.29, 1.82) is 0 Å². The van der Waals surface area contributed by atoms with Crippen molar-refractivity contribution < 1.29 is 0 Å². The zero-order valence-corrected chi connectivity index (χ0v) is 8.06. The number of H-pyrrole nitrogens is 1. The van der Waals surface area contributed by atoms with Crippen LogP contribution in [0.5, 0.6) is 0 Å². The van der Waals surface area contributed by atoms with Gasteiger partial charge in [0.15, 0.2) is 0 Å². The standard InChI is InChI=1S/C7H3Cl2NOS/c8-3-1-5-6(2-4(3)9)12-7(11)10-5/h1-2H,(H,10,11). The molecular formula is C7H3Cl2NOS. The molecule has 0 spiro atoms. The first-order valence-corrected chi connectivity index (χ1v) is 4.72. The first-order chi connectivity index (χ1) is 5.66. The lowest BCUT2D eigenvalue weighted by atomic mass is 10.3. The predicted molar refractivity (Wildman–Crippen MR) is 52.5 cm³/mol. The van der Waals surface area contributed by atoms with Gasteiger partial charge in [0.1, 0.15) is 0 Å². The number of aromatic amines is 1. The fourth-order valence-corrected chi connectivity index (χ4v) is 2.10. The van der Waals surface area contributed by atoms with Crippen LogP contribution >= 0.6 is 34.5 Å². The average molecular weight is 220 g/mol. The predicted octanol–water partition coefficient (Wildman–Crippen LogP) is 2.90. The lowest BCUT2D eigenvalue weighted by Gasteiger charge is -1.93. The molecule has 0 saturated carbocycles. The van der Waals surface area contributed by atoms with Gasteiger partial charge in [-0.2, -0.15) is 0 Å². The molecule has 0 fully saturated rings. The summed E-state index contributed by atoms with van der Waals surface area (Å²) in [6, 6.07) is 3.33. The van der Waals surface area contributed by atoms with Crippen molar-refractivity contribution in [2.45, 2.75) is 0 Å². The van der Waals surface area contributed by atoms with Gasteiger partial charge in [-0.1, -0.05) is 34.5 Å². The number of halogens is 2. The van der Waals surface area contributed by atoms with Crippen LogP contribution < -0.4 is 4.87 Å². The molecule has 0 bridgehead atoms. The Kier molecular flexibility index (Phi) is 1.87. The van der Waals surface area contributed by atoms with Crippen molar-refractivity contribution >= 4 is 44.8 Å². The molecule has 62 valence electrons. The van der Waals surface area contributed by atoms with E-state index in [0.29, 0.717) is 10.0 Å². The van der Waals surface area contributed by atoms with E-state index in [0.717, 1.165) is 21.6 Å². The number of aromatic nitrogens is 1. The maximum atomic E-state index is 10.9. The van der Waals surface area contributed by atoms with Crippen LogP contribution in [0.2, 0.25) is 10.0 Å². The van der Waals surface area contributed by atoms with E-state index in [9.17, 15) is 4.79 Å². The Labute approximate surface area is 81.7 Å². The molecule has 0 aliphatic carbocycles. The highest BCUT2D eigenvalue weighted by Crippen LogP contribution is 2.27. The highest BCUT2D eigenvalue weighted by atomic mass is 35.5. The van der Waals surface area contributed by atoms with Crippen LogP contribution in [0, 0.1) is 0 Å². The van der Waals surface area contributed by atoms with E-state index in [1.165, 1.54) is 0 Å².